The Balaban J connectivity index is 2.02. The van der Waals surface area contributed by atoms with Crippen LogP contribution in [0.25, 0.3) is 6.08 Å². The fourth-order valence-corrected chi connectivity index (χ4v) is 2.70. The van der Waals surface area contributed by atoms with Crippen LogP contribution < -0.4 is 10.9 Å². The number of hydrogen-bond donors (Lipinski definition) is 2. The summed E-state index contributed by atoms with van der Waals surface area (Å²) in [6, 6.07) is 7.59. The summed E-state index contributed by atoms with van der Waals surface area (Å²) in [5.74, 6) is 2.65. The van der Waals surface area contributed by atoms with Crippen LogP contribution in [0.3, 0.4) is 0 Å². The molecule has 1 aromatic carbocycles. The third-order valence-electron chi connectivity index (χ3n) is 2.94. The number of carbonyl (C=O) groups is 1. The highest BCUT2D eigenvalue weighted by Crippen LogP contribution is 2.12. The number of nitrogens with one attached hydrogen (secondary N) is 2. The maximum absolute atomic E-state index is 11.8. The Morgan fingerprint density at radius 1 is 1.50 bits per heavy atom. The van der Waals surface area contributed by atoms with Crippen LogP contribution in [-0.2, 0) is 15.6 Å². The van der Waals surface area contributed by atoms with Gasteiger partial charge in [0.25, 0.3) is 0 Å². The minimum atomic E-state index is -1.15. The molecular weight excluding hydrogens is 272 g/mol. The fourth-order valence-electron chi connectivity index (χ4n) is 1.88. The van der Waals surface area contributed by atoms with E-state index in [0.717, 1.165) is 16.9 Å². The average Bonchev–Trinajstić information content (AvgIpc) is 2.47. The molecule has 2 rings (SSSR count). The van der Waals surface area contributed by atoms with Crippen LogP contribution in [0.5, 0.6) is 0 Å². The molecule has 20 heavy (non-hydrogen) atoms. The van der Waals surface area contributed by atoms with Crippen molar-refractivity contribution in [3.8, 4) is 12.3 Å². The minimum Gasteiger partial charge on any atom is -0.291 e. The molecule has 0 radical (unpaired) electrons. The number of hydrogen-bond acceptors (Lipinski definition) is 3. The normalized spacial score (nSPS) is 20.4. The lowest BCUT2D eigenvalue weighted by Crippen LogP contribution is -2.48. The molecule has 2 atom stereocenters. The van der Waals surface area contributed by atoms with Crippen LogP contribution in [0.2, 0.25) is 0 Å². The lowest BCUT2D eigenvalue weighted by Gasteiger charge is -2.20. The van der Waals surface area contributed by atoms with Crippen molar-refractivity contribution in [3.05, 3.63) is 35.9 Å². The summed E-state index contributed by atoms with van der Waals surface area (Å²) in [6.07, 6.45) is 10.4. The first kappa shape index (κ1) is 14.5. The molecule has 1 heterocycles. The monoisotopic (exact) mass is 288 g/mol. The predicted molar refractivity (Wildman–Crippen MR) is 79.9 cm³/mol. The first-order chi connectivity index (χ1) is 9.69. The number of carbonyl (C=O) groups excluding carboxylic acids is 1. The molecule has 1 aromatic rings. The van der Waals surface area contributed by atoms with Crippen LogP contribution in [0, 0.1) is 12.3 Å². The van der Waals surface area contributed by atoms with E-state index in [2.05, 4.69) is 16.8 Å². The Labute approximate surface area is 121 Å². The van der Waals surface area contributed by atoms with Crippen molar-refractivity contribution in [2.24, 2.45) is 0 Å². The quantitative estimate of drug-likeness (QED) is 0.819. The molecule has 1 saturated heterocycles. The van der Waals surface area contributed by atoms with Crippen LogP contribution in [0.1, 0.15) is 18.4 Å². The molecule has 1 amide bonds. The van der Waals surface area contributed by atoms with Gasteiger partial charge in [-0.25, -0.2) is 5.43 Å². The SMILES string of the molecule is C#CCS(=O)c1cccc(/C=C/C2CCC(=O)NN2)c1. The van der Waals surface area contributed by atoms with Crippen molar-refractivity contribution < 1.29 is 9.00 Å². The fraction of sp³-hybridized carbons (Fsp3) is 0.267. The van der Waals surface area contributed by atoms with E-state index in [4.69, 9.17) is 6.42 Å². The van der Waals surface area contributed by atoms with Crippen molar-refractivity contribution in [1.29, 1.82) is 0 Å². The smallest absolute Gasteiger partial charge is 0.234 e. The first-order valence-corrected chi connectivity index (χ1v) is 7.65. The summed E-state index contributed by atoms with van der Waals surface area (Å²) in [4.78, 5) is 11.7. The van der Waals surface area contributed by atoms with Crippen LogP contribution >= 0.6 is 0 Å². The zero-order valence-electron chi connectivity index (χ0n) is 11.0. The molecule has 0 saturated carbocycles. The predicted octanol–water partition coefficient (Wildman–Crippen LogP) is 1.22. The van der Waals surface area contributed by atoms with Crippen LogP contribution in [0.4, 0.5) is 0 Å². The van der Waals surface area contributed by atoms with E-state index in [-0.39, 0.29) is 17.7 Å². The van der Waals surface area contributed by atoms with Gasteiger partial charge in [0.05, 0.1) is 16.6 Å². The second-order valence-corrected chi connectivity index (χ2v) is 5.91. The second-order valence-electron chi connectivity index (χ2n) is 4.46. The van der Waals surface area contributed by atoms with Crippen molar-refractivity contribution in [2.75, 3.05) is 5.75 Å². The van der Waals surface area contributed by atoms with E-state index in [9.17, 15) is 9.00 Å². The number of hydrazine groups is 1. The summed E-state index contributed by atoms with van der Waals surface area (Å²) in [5, 5.41) is 0. The van der Waals surface area contributed by atoms with Crippen LogP contribution in [-0.4, -0.2) is 21.9 Å². The summed E-state index contributed by atoms with van der Waals surface area (Å²) < 4.78 is 11.8. The van der Waals surface area contributed by atoms with Gasteiger partial charge in [0.2, 0.25) is 5.91 Å². The molecule has 1 aliphatic heterocycles. The molecule has 0 aromatic heterocycles. The number of terminal acetylenes is 1. The van der Waals surface area contributed by atoms with E-state index < -0.39 is 10.8 Å². The van der Waals surface area contributed by atoms with Gasteiger partial charge in [0.1, 0.15) is 0 Å². The standard InChI is InChI=1S/C15H16N2O2S/c1-2-10-20(19)14-5-3-4-12(11-14)6-7-13-8-9-15(18)17-16-13/h1,3-7,11,13,16H,8-10H2,(H,17,18)/b7-6+. The van der Waals surface area contributed by atoms with Crippen molar-refractivity contribution in [3.63, 3.8) is 0 Å². The van der Waals surface area contributed by atoms with Gasteiger partial charge in [-0.05, 0) is 24.1 Å². The molecule has 2 N–H and O–H groups in total. The lowest BCUT2D eigenvalue weighted by molar-refractivity contribution is -0.123. The Bertz CT molecular complexity index is 580. The maximum Gasteiger partial charge on any atom is 0.234 e. The molecule has 1 aliphatic rings. The third kappa shape index (κ3) is 4.05. The van der Waals surface area contributed by atoms with Gasteiger partial charge in [-0.2, -0.15) is 0 Å². The summed E-state index contributed by atoms with van der Waals surface area (Å²) >= 11 is 0. The van der Waals surface area contributed by atoms with Gasteiger partial charge in [-0.3, -0.25) is 14.4 Å². The molecule has 1 fully saturated rings. The van der Waals surface area contributed by atoms with E-state index >= 15 is 0 Å². The molecule has 0 spiro atoms. The largest absolute Gasteiger partial charge is 0.291 e. The third-order valence-corrected chi connectivity index (χ3v) is 4.14. The van der Waals surface area contributed by atoms with Gasteiger partial charge in [0.15, 0.2) is 0 Å². The van der Waals surface area contributed by atoms with E-state index in [1.54, 1.807) is 0 Å². The van der Waals surface area contributed by atoms with E-state index in [0.29, 0.717) is 6.42 Å². The molecule has 4 nitrogen and oxygen atoms in total. The molecule has 0 bridgehead atoms. The summed E-state index contributed by atoms with van der Waals surface area (Å²) in [6.45, 7) is 0. The molecule has 0 aliphatic carbocycles. The van der Waals surface area contributed by atoms with Gasteiger partial charge in [-0.1, -0.05) is 30.2 Å². The molecule has 2 unspecified atom stereocenters. The Morgan fingerprint density at radius 2 is 2.35 bits per heavy atom. The zero-order chi connectivity index (χ0) is 14.4. The van der Waals surface area contributed by atoms with Crippen molar-refractivity contribution >= 4 is 22.8 Å². The molecule has 5 heteroatoms. The Kier molecular flexibility index (Phi) is 5.10. The highest BCUT2D eigenvalue weighted by atomic mass is 32.2. The van der Waals surface area contributed by atoms with Crippen molar-refractivity contribution in [1.82, 2.24) is 10.9 Å². The van der Waals surface area contributed by atoms with Gasteiger partial charge in [-0.15, -0.1) is 6.42 Å². The van der Waals surface area contributed by atoms with Gasteiger partial charge in [0, 0.05) is 17.4 Å². The first-order valence-electron chi connectivity index (χ1n) is 6.33. The Morgan fingerprint density at radius 3 is 3.05 bits per heavy atom. The maximum atomic E-state index is 11.8. The topological polar surface area (TPSA) is 58.2 Å². The number of benzene rings is 1. The summed E-state index contributed by atoms with van der Waals surface area (Å²) in [5.41, 5.74) is 6.49. The lowest BCUT2D eigenvalue weighted by atomic mass is 10.1. The minimum absolute atomic E-state index is 0.0151. The van der Waals surface area contributed by atoms with Crippen LogP contribution in [0.15, 0.2) is 35.2 Å². The average molecular weight is 288 g/mol. The molecule has 104 valence electrons. The number of amides is 1. The van der Waals surface area contributed by atoms with Gasteiger partial charge < -0.3 is 0 Å². The second kappa shape index (κ2) is 7.04. The van der Waals surface area contributed by atoms with Gasteiger partial charge >= 0.3 is 0 Å². The van der Waals surface area contributed by atoms with Crippen molar-refractivity contribution in [2.45, 2.75) is 23.8 Å². The highest BCUT2D eigenvalue weighted by Gasteiger charge is 2.14. The molecular formula is C15H16N2O2S. The van der Waals surface area contributed by atoms with E-state index in [1.807, 2.05) is 36.4 Å². The van der Waals surface area contributed by atoms with E-state index in [1.165, 1.54) is 0 Å². The number of rotatable bonds is 4. The zero-order valence-corrected chi connectivity index (χ0v) is 11.8. The highest BCUT2D eigenvalue weighted by molar-refractivity contribution is 7.85. The summed E-state index contributed by atoms with van der Waals surface area (Å²) in [7, 11) is -1.15. The Hall–Kier alpha value is -1.90.